The van der Waals surface area contributed by atoms with Crippen molar-refractivity contribution in [1.82, 2.24) is 4.90 Å². The van der Waals surface area contributed by atoms with Gasteiger partial charge in [0.05, 0.1) is 13.1 Å². The molecule has 0 radical (unpaired) electrons. The van der Waals surface area contributed by atoms with Gasteiger partial charge >= 0.3 is 6.09 Å². The summed E-state index contributed by atoms with van der Waals surface area (Å²) < 4.78 is 5.61. The van der Waals surface area contributed by atoms with Gasteiger partial charge in [-0.3, -0.25) is 0 Å². The minimum Gasteiger partial charge on any atom is -1.00 e. The van der Waals surface area contributed by atoms with Crippen molar-refractivity contribution in [2.24, 2.45) is 0 Å². The number of nitrogens with zero attached hydrogens (tertiary/aromatic N) is 1. The van der Waals surface area contributed by atoms with Gasteiger partial charge in [0.2, 0.25) is 0 Å². The van der Waals surface area contributed by atoms with Crippen molar-refractivity contribution in [2.75, 3.05) is 20.6 Å². The van der Waals surface area contributed by atoms with Gasteiger partial charge in [-0.25, -0.2) is 4.79 Å². The third-order valence-electron chi connectivity index (χ3n) is 5.28. The molecule has 1 aromatic rings. The van der Waals surface area contributed by atoms with Crippen molar-refractivity contribution in [3.05, 3.63) is 29.8 Å². The van der Waals surface area contributed by atoms with Crippen LogP contribution in [0.3, 0.4) is 0 Å². The Bertz CT molecular complexity index is 608. The van der Waals surface area contributed by atoms with E-state index < -0.39 is 0 Å². The average molecular weight is 379 g/mol. The van der Waals surface area contributed by atoms with Crippen LogP contribution in [0.1, 0.15) is 44.6 Å². The number of nitrogens with one attached hydrogen (secondary N) is 1. The van der Waals surface area contributed by atoms with E-state index in [-0.39, 0.29) is 18.5 Å². The molecular weight excluding hydrogens is 348 g/mol. The Kier molecular flexibility index (Phi) is 9.54. The van der Waals surface area contributed by atoms with E-state index in [2.05, 4.69) is 26.0 Å². The third-order valence-corrected chi connectivity index (χ3v) is 5.28. The molecule has 0 bridgehead atoms. The van der Waals surface area contributed by atoms with Gasteiger partial charge in [0.1, 0.15) is 12.3 Å². The van der Waals surface area contributed by atoms with E-state index in [4.69, 9.17) is 11.2 Å². The van der Waals surface area contributed by atoms with E-state index in [0.717, 1.165) is 24.8 Å². The topological polar surface area (TPSA) is 34.0 Å². The minimum atomic E-state index is -0.257. The summed E-state index contributed by atoms with van der Waals surface area (Å²) in [6, 6.07) is 8.55. The molecule has 5 heteroatoms. The van der Waals surface area contributed by atoms with Gasteiger partial charge in [-0.1, -0.05) is 31.4 Å². The Labute approximate surface area is 164 Å². The summed E-state index contributed by atoms with van der Waals surface area (Å²) in [6.07, 6.45) is 11.9. The molecule has 0 heterocycles. The molecule has 26 heavy (non-hydrogen) atoms. The fraction of sp³-hybridized carbons (Fsp3) is 0.571. The lowest BCUT2D eigenvalue weighted by atomic mass is 9.95. The third kappa shape index (κ3) is 6.55. The van der Waals surface area contributed by atoms with Gasteiger partial charge in [0, 0.05) is 19.5 Å². The molecule has 2 rings (SSSR count). The first-order chi connectivity index (χ1) is 12.0. The van der Waals surface area contributed by atoms with Crippen LogP contribution in [0.25, 0.3) is 0 Å². The Morgan fingerprint density at radius 1 is 1.38 bits per heavy atom. The van der Waals surface area contributed by atoms with Crippen molar-refractivity contribution in [1.29, 1.82) is 0 Å². The highest BCUT2D eigenvalue weighted by molar-refractivity contribution is 5.70. The van der Waals surface area contributed by atoms with Crippen molar-refractivity contribution in [2.45, 2.75) is 57.5 Å². The van der Waals surface area contributed by atoms with Crippen molar-refractivity contribution in [3.8, 4) is 18.1 Å². The first-order valence-electron chi connectivity index (χ1n) is 9.30. The van der Waals surface area contributed by atoms with Crippen molar-refractivity contribution in [3.63, 3.8) is 0 Å². The Balaban J connectivity index is 0.00000338. The van der Waals surface area contributed by atoms with Crippen molar-refractivity contribution < 1.29 is 26.8 Å². The number of hydrogen-bond acceptors (Lipinski definition) is 2. The minimum absolute atomic E-state index is 0. The Morgan fingerprint density at radius 2 is 2.08 bits per heavy atom. The zero-order valence-electron chi connectivity index (χ0n) is 16.1. The van der Waals surface area contributed by atoms with Crippen LogP contribution in [0.4, 0.5) is 4.79 Å². The van der Waals surface area contributed by atoms with Crippen LogP contribution >= 0.6 is 0 Å². The highest BCUT2D eigenvalue weighted by atomic mass is 35.5. The molecule has 1 unspecified atom stereocenters. The van der Waals surface area contributed by atoms with Gasteiger partial charge in [-0.15, -0.1) is 6.42 Å². The molecule has 1 saturated carbocycles. The molecular formula is C21H31ClN2O2. The number of quaternary nitrogens is 1. The molecule has 1 amide bonds. The SMILES string of the molecule is C#CC[NH+](C)[C@@H](C)Cc1cccc(OC(=O)N(C)C2CCCCC2)c1.[Cl-]. The first kappa shape index (κ1) is 22.3. The first-order valence-corrected chi connectivity index (χ1v) is 9.30. The number of rotatable bonds is 6. The summed E-state index contributed by atoms with van der Waals surface area (Å²) in [4.78, 5) is 15.5. The largest absolute Gasteiger partial charge is 1.00 e. The summed E-state index contributed by atoms with van der Waals surface area (Å²) in [5.41, 5.74) is 1.16. The average Bonchev–Trinajstić information content (AvgIpc) is 2.62. The number of terminal acetylenes is 1. The highest BCUT2D eigenvalue weighted by Gasteiger charge is 2.23. The number of ether oxygens (including phenoxy) is 1. The monoisotopic (exact) mass is 378 g/mol. The summed E-state index contributed by atoms with van der Waals surface area (Å²) in [6.45, 7) is 2.89. The van der Waals surface area contributed by atoms with E-state index in [0.29, 0.717) is 24.4 Å². The van der Waals surface area contributed by atoms with Gasteiger partial charge in [-0.05, 0) is 43.4 Å². The van der Waals surface area contributed by atoms with Crippen LogP contribution in [0, 0.1) is 12.3 Å². The molecule has 0 aliphatic heterocycles. The maximum absolute atomic E-state index is 12.4. The fourth-order valence-electron chi connectivity index (χ4n) is 3.39. The standard InChI is InChI=1S/C21H30N2O2.ClH/c1-5-14-22(3)17(2)15-18-10-9-13-20(16-18)25-21(24)23(4)19-11-7-6-8-12-19;/h1,9-10,13,16-17,19H,6-8,11-12,14-15H2,2-4H3;1H/t17-;/m0./s1. The predicted octanol–water partition coefficient (Wildman–Crippen LogP) is -0.467. The van der Waals surface area contributed by atoms with E-state index in [1.807, 2.05) is 25.2 Å². The Morgan fingerprint density at radius 3 is 2.73 bits per heavy atom. The smallest absolute Gasteiger partial charge is 0.415 e. The summed E-state index contributed by atoms with van der Waals surface area (Å²) in [5, 5.41) is 0. The molecule has 1 fully saturated rings. The van der Waals surface area contributed by atoms with E-state index in [1.54, 1.807) is 4.90 Å². The van der Waals surface area contributed by atoms with Gasteiger partial charge in [0.25, 0.3) is 0 Å². The highest BCUT2D eigenvalue weighted by Crippen LogP contribution is 2.23. The maximum Gasteiger partial charge on any atom is 0.415 e. The van der Waals surface area contributed by atoms with Gasteiger partial charge in [-0.2, -0.15) is 0 Å². The fourth-order valence-corrected chi connectivity index (χ4v) is 3.39. The van der Waals surface area contributed by atoms with Crippen LogP contribution in [0.2, 0.25) is 0 Å². The molecule has 1 N–H and O–H groups in total. The van der Waals surface area contributed by atoms with E-state index in [9.17, 15) is 4.79 Å². The summed E-state index contributed by atoms with van der Waals surface area (Å²) >= 11 is 0. The quantitative estimate of drug-likeness (QED) is 0.679. The molecule has 1 aromatic carbocycles. The summed E-state index contributed by atoms with van der Waals surface area (Å²) in [7, 11) is 3.95. The van der Waals surface area contributed by atoms with Gasteiger partial charge < -0.3 is 26.9 Å². The lowest BCUT2D eigenvalue weighted by Gasteiger charge is -2.30. The van der Waals surface area contributed by atoms with E-state index >= 15 is 0 Å². The molecule has 4 nitrogen and oxygen atoms in total. The summed E-state index contributed by atoms with van der Waals surface area (Å²) in [5.74, 6) is 3.32. The normalized spacial score (nSPS) is 16.7. The van der Waals surface area contributed by atoms with Crippen LogP contribution in [-0.4, -0.2) is 43.7 Å². The van der Waals surface area contributed by atoms with Crippen LogP contribution < -0.4 is 22.0 Å². The second-order valence-corrected chi connectivity index (χ2v) is 7.25. The number of halogens is 1. The molecule has 1 aliphatic carbocycles. The van der Waals surface area contributed by atoms with Crippen LogP contribution in [0.15, 0.2) is 24.3 Å². The zero-order chi connectivity index (χ0) is 18.2. The molecule has 0 spiro atoms. The molecule has 2 atom stereocenters. The number of carbonyl (C=O) groups is 1. The number of benzene rings is 1. The van der Waals surface area contributed by atoms with Crippen LogP contribution in [0.5, 0.6) is 5.75 Å². The van der Waals surface area contributed by atoms with Crippen molar-refractivity contribution >= 4 is 6.09 Å². The molecule has 1 aliphatic rings. The second-order valence-electron chi connectivity index (χ2n) is 7.25. The lowest BCUT2D eigenvalue weighted by molar-refractivity contribution is -0.896. The van der Waals surface area contributed by atoms with Gasteiger partial charge in [0.15, 0.2) is 0 Å². The molecule has 0 aromatic heterocycles. The number of carbonyl (C=O) groups excluding carboxylic acids is 1. The predicted molar refractivity (Wildman–Crippen MR) is 101 cm³/mol. The number of hydrogen-bond donors (Lipinski definition) is 1. The molecule has 0 saturated heterocycles. The molecule has 144 valence electrons. The maximum atomic E-state index is 12.4. The number of amides is 1. The second kappa shape index (κ2) is 11.1. The van der Waals surface area contributed by atoms with Crippen LogP contribution in [-0.2, 0) is 6.42 Å². The van der Waals surface area contributed by atoms with E-state index in [1.165, 1.54) is 24.2 Å². The Hall–Kier alpha value is -1.70. The number of likely N-dealkylation sites (N-methyl/N-ethyl adjacent to an activating group) is 1. The lowest BCUT2D eigenvalue weighted by Crippen LogP contribution is -3.12. The zero-order valence-corrected chi connectivity index (χ0v) is 16.9.